The first-order valence-electron chi connectivity index (χ1n) is 10.1. The van der Waals surface area contributed by atoms with Gasteiger partial charge in [0.15, 0.2) is 5.76 Å². The summed E-state index contributed by atoms with van der Waals surface area (Å²) in [5.74, 6) is -2.92. The fourth-order valence-electron chi connectivity index (χ4n) is 3.29. The van der Waals surface area contributed by atoms with Crippen molar-refractivity contribution in [3.8, 4) is 40.1 Å². The van der Waals surface area contributed by atoms with Crippen LogP contribution in [0.4, 0.5) is 0 Å². The molecule has 0 amide bonds. The largest absolute Gasteiger partial charge is 0.508 e. The van der Waals surface area contributed by atoms with Crippen molar-refractivity contribution in [2.75, 3.05) is 0 Å². The zero-order valence-corrected chi connectivity index (χ0v) is 17.1. The number of unbranched alkanes of at least 4 members (excludes halogenated alkanes) is 4. The van der Waals surface area contributed by atoms with E-state index in [1.165, 1.54) is 12.1 Å². The maximum atomic E-state index is 13.1. The average molecular weight is 428 g/mol. The highest BCUT2D eigenvalue weighted by Gasteiger charge is 2.24. The van der Waals surface area contributed by atoms with Gasteiger partial charge in [0.05, 0.1) is 5.56 Å². The Kier molecular flexibility index (Phi) is 6.69. The highest BCUT2D eigenvalue weighted by Crippen LogP contribution is 2.40. The van der Waals surface area contributed by atoms with Crippen molar-refractivity contribution < 1.29 is 34.4 Å². The Hall–Kier alpha value is -3.68. The molecule has 4 N–H and O–H groups in total. The van der Waals surface area contributed by atoms with E-state index in [0.29, 0.717) is 6.42 Å². The van der Waals surface area contributed by atoms with E-state index in [1.54, 1.807) is 0 Å². The molecule has 0 atom stereocenters. The van der Waals surface area contributed by atoms with Crippen LogP contribution in [0.5, 0.6) is 28.7 Å². The third kappa shape index (κ3) is 4.91. The maximum Gasteiger partial charge on any atom is 0.311 e. The number of esters is 1. The smallest absolute Gasteiger partial charge is 0.311 e. The van der Waals surface area contributed by atoms with Gasteiger partial charge < -0.3 is 29.6 Å². The molecule has 1 aromatic heterocycles. The Morgan fingerprint density at radius 1 is 0.935 bits per heavy atom. The first kappa shape index (κ1) is 22.0. The van der Waals surface area contributed by atoms with Gasteiger partial charge in [-0.05, 0) is 18.6 Å². The van der Waals surface area contributed by atoms with Gasteiger partial charge in [0.1, 0.15) is 34.0 Å². The van der Waals surface area contributed by atoms with Crippen LogP contribution in [0.15, 0.2) is 39.5 Å². The highest BCUT2D eigenvalue weighted by atomic mass is 16.5. The van der Waals surface area contributed by atoms with Crippen molar-refractivity contribution in [1.82, 2.24) is 0 Å². The van der Waals surface area contributed by atoms with E-state index in [4.69, 9.17) is 9.15 Å². The minimum absolute atomic E-state index is 0.00891. The predicted octanol–water partition coefficient (Wildman–Crippen LogP) is 4.55. The molecule has 0 saturated carbocycles. The molecule has 0 aliphatic carbocycles. The molecule has 0 spiro atoms. The SMILES string of the molecule is CCCCCCCC(=O)Oc1c(-c2ccc(O)cc2O)oc2cc(O)cc(O)c2c1=O. The quantitative estimate of drug-likeness (QED) is 0.303. The molecule has 0 aliphatic rings. The van der Waals surface area contributed by atoms with E-state index in [9.17, 15) is 30.0 Å². The van der Waals surface area contributed by atoms with Gasteiger partial charge in [-0.2, -0.15) is 0 Å². The number of fused-ring (bicyclic) bond motifs is 1. The monoisotopic (exact) mass is 428 g/mol. The topological polar surface area (TPSA) is 137 Å². The molecule has 2 aromatic carbocycles. The van der Waals surface area contributed by atoms with Crippen LogP contribution >= 0.6 is 0 Å². The van der Waals surface area contributed by atoms with Gasteiger partial charge in [-0.15, -0.1) is 0 Å². The molecular formula is C23H24O8. The van der Waals surface area contributed by atoms with Gasteiger partial charge >= 0.3 is 5.97 Å². The Morgan fingerprint density at radius 3 is 2.35 bits per heavy atom. The molecule has 1 heterocycles. The number of benzene rings is 2. The summed E-state index contributed by atoms with van der Waals surface area (Å²) >= 11 is 0. The van der Waals surface area contributed by atoms with Gasteiger partial charge in [0.2, 0.25) is 11.2 Å². The van der Waals surface area contributed by atoms with Crippen molar-refractivity contribution in [2.45, 2.75) is 45.4 Å². The van der Waals surface area contributed by atoms with E-state index >= 15 is 0 Å². The lowest BCUT2D eigenvalue weighted by Crippen LogP contribution is -2.16. The summed E-state index contributed by atoms with van der Waals surface area (Å²) in [5, 5.41) is 39.4. The number of hydrogen-bond acceptors (Lipinski definition) is 8. The van der Waals surface area contributed by atoms with Gasteiger partial charge in [-0.25, -0.2) is 0 Å². The van der Waals surface area contributed by atoms with Crippen LogP contribution in [0.2, 0.25) is 0 Å². The van der Waals surface area contributed by atoms with Gasteiger partial charge in [-0.3, -0.25) is 9.59 Å². The van der Waals surface area contributed by atoms with Gasteiger partial charge in [-0.1, -0.05) is 32.6 Å². The van der Waals surface area contributed by atoms with Crippen LogP contribution in [-0.2, 0) is 4.79 Å². The van der Waals surface area contributed by atoms with Crippen molar-refractivity contribution in [2.24, 2.45) is 0 Å². The zero-order chi connectivity index (χ0) is 22.5. The van der Waals surface area contributed by atoms with Crippen molar-refractivity contribution in [3.05, 3.63) is 40.6 Å². The summed E-state index contributed by atoms with van der Waals surface area (Å²) < 4.78 is 11.0. The number of carbonyl (C=O) groups excluding carboxylic acids is 1. The van der Waals surface area contributed by atoms with E-state index in [-0.39, 0.29) is 40.2 Å². The predicted molar refractivity (Wildman–Crippen MR) is 114 cm³/mol. The fourth-order valence-corrected chi connectivity index (χ4v) is 3.29. The molecule has 8 heteroatoms. The van der Waals surface area contributed by atoms with E-state index in [0.717, 1.165) is 43.9 Å². The third-order valence-corrected chi connectivity index (χ3v) is 4.84. The number of rotatable bonds is 8. The number of phenols is 4. The normalized spacial score (nSPS) is 11.0. The molecular weight excluding hydrogens is 404 g/mol. The molecule has 0 radical (unpaired) electrons. The average Bonchev–Trinajstić information content (AvgIpc) is 2.69. The standard InChI is InChI=1S/C23H24O8/c1-2-3-4-5-6-7-19(28)31-23-21(29)20-17(27)11-14(25)12-18(20)30-22(23)15-9-8-13(24)10-16(15)26/h8-12,24-27H,2-7H2,1H3. The van der Waals surface area contributed by atoms with Crippen LogP contribution in [0.3, 0.4) is 0 Å². The van der Waals surface area contributed by atoms with Crippen LogP contribution in [0, 0.1) is 0 Å². The Balaban J connectivity index is 2.06. The molecule has 0 fully saturated rings. The van der Waals surface area contributed by atoms with Crippen LogP contribution in [-0.4, -0.2) is 26.4 Å². The molecule has 0 saturated heterocycles. The van der Waals surface area contributed by atoms with Crippen LogP contribution in [0.25, 0.3) is 22.3 Å². The lowest BCUT2D eigenvalue weighted by atomic mass is 10.1. The zero-order valence-electron chi connectivity index (χ0n) is 17.1. The van der Waals surface area contributed by atoms with E-state index < -0.39 is 28.6 Å². The molecule has 3 aromatic rings. The molecule has 31 heavy (non-hydrogen) atoms. The molecule has 0 unspecified atom stereocenters. The number of hydrogen-bond donors (Lipinski definition) is 4. The Bertz CT molecular complexity index is 1160. The molecule has 8 nitrogen and oxygen atoms in total. The lowest BCUT2D eigenvalue weighted by molar-refractivity contribution is -0.134. The summed E-state index contributed by atoms with van der Waals surface area (Å²) in [7, 11) is 0. The fraction of sp³-hybridized carbons (Fsp3) is 0.304. The number of phenolic OH excluding ortho intramolecular Hbond substituents is 4. The summed E-state index contributed by atoms with van der Waals surface area (Å²) in [6.45, 7) is 2.09. The van der Waals surface area contributed by atoms with Crippen molar-refractivity contribution in [1.29, 1.82) is 0 Å². The molecule has 0 bridgehead atoms. The van der Waals surface area contributed by atoms with Crippen LogP contribution < -0.4 is 10.2 Å². The van der Waals surface area contributed by atoms with E-state index in [1.807, 2.05) is 0 Å². The number of ether oxygens (including phenoxy) is 1. The maximum absolute atomic E-state index is 13.1. The van der Waals surface area contributed by atoms with Crippen LogP contribution in [0.1, 0.15) is 45.4 Å². The number of aromatic hydroxyl groups is 4. The first-order valence-corrected chi connectivity index (χ1v) is 10.1. The minimum atomic E-state index is -0.833. The van der Waals surface area contributed by atoms with Crippen molar-refractivity contribution >= 4 is 16.9 Å². The molecule has 164 valence electrons. The summed E-state index contributed by atoms with van der Waals surface area (Å²) in [4.78, 5) is 25.5. The van der Waals surface area contributed by atoms with Crippen molar-refractivity contribution in [3.63, 3.8) is 0 Å². The summed E-state index contributed by atoms with van der Waals surface area (Å²) in [6.07, 6.45) is 4.66. The second-order valence-corrected chi connectivity index (χ2v) is 7.27. The number of carbonyl (C=O) groups is 1. The highest BCUT2D eigenvalue weighted by molar-refractivity contribution is 5.90. The molecule has 3 rings (SSSR count). The summed E-state index contributed by atoms with van der Waals surface area (Å²) in [5.41, 5.74) is -1.00. The van der Waals surface area contributed by atoms with Gasteiger partial charge in [0.25, 0.3) is 0 Å². The lowest BCUT2D eigenvalue weighted by Gasteiger charge is -2.12. The second kappa shape index (κ2) is 9.42. The third-order valence-electron chi connectivity index (χ3n) is 4.84. The summed E-state index contributed by atoms with van der Waals surface area (Å²) in [6, 6.07) is 5.68. The first-order chi connectivity index (χ1) is 14.8. The second-order valence-electron chi connectivity index (χ2n) is 7.27. The van der Waals surface area contributed by atoms with Gasteiger partial charge in [0, 0.05) is 24.6 Å². The van der Waals surface area contributed by atoms with E-state index in [2.05, 4.69) is 6.92 Å². The molecule has 0 aliphatic heterocycles. The minimum Gasteiger partial charge on any atom is -0.508 e. The Labute approximate surface area is 178 Å². The Morgan fingerprint density at radius 2 is 1.65 bits per heavy atom.